The summed E-state index contributed by atoms with van der Waals surface area (Å²) < 4.78 is 5.26. The summed E-state index contributed by atoms with van der Waals surface area (Å²) in [5.41, 5.74) is 1.15. The number of hydrogen-bond acceptors (Lipinski definition) is 7. The summed E-state index contributed by atoms with van der Waals surface area (Å²) in [5.74, 6) is -2.45. The van der Waals surface area contributed by atoms with Crippen LogP contribution in [0.5, 0.6) is 17.2 Å². The zero-order chi connectivity index (χ0) is 18.5. The number of aromatic nitrogens is 1. The van der Waals surface area contributed by atoms with E-state index in [1.807, 2.05) is 12.3 Å². The van der Waals surface area contributed by atoms with Gasteiger partial charge in [-0.25, -0.2) is 4.79 Å². The molecule has 1 saturated heterocycles. The van der Waals surface area contributed by atoms with Crippen molar-refractivity contribution in [3.05, 3.63) is 47.8 Å². The molecule has 0 radical (unpaired) electrons. The molecule has 0 saturated carbocycles. The van der Waals surface area contributed by atoms with Crippen LogP contribution in [0.25, 0.3) is 0 Å². The van der Waals surface area contributed by atoms with Gasteiger partial charge in [-0.1, -0.05) is 12.5 Å². The topological polar surface area (TPSA) is 103 Å². The second kappa shape index (κ2) is 8.05. The highest BCUT2D eigenvalue weighted by Gasteiger charge is 2.24. The maximum atomic E-state index is 12.1. The lowest BCUT2D eigenvalue weighted by Gasteiger charge is -2.35. The highest BCUT2D eigenvalue weighted by molar-refractivity contribution is 5.91. The maximum absolute atomic E-state index is 12.1. The Hall–Kier alpha value is -2.80. The standard InChI is InChI=1S/C19H22N2O5/c22-16-10-14(11-17(23)18(16)24)19(25)26-9-8-21-7-2-1-5-15(21)13-4-3-6-20-12-13/h3-4,6,10-12,15,22-24H,1-2,5,7-9H2. The van der Waals surface area contributed by atoms with E-state index in [0.29, 0.717) is 6.54 Å². The summed E-state index contributed by atoms with van der Waals surface area (Å²) in [7, 11) is 0. The normalized spacial score (nSPS) is 17.8. The fourth-order valence-corrected chi connectivity index (χ4v) is 3.27. The molecule has 1 aliphatic rings. The molecule has 1 aromatic carbocycles. The Balaban J connectivity index is 1.59. The molecule has 3 N–H and O–H groups in total. The Morgan fingerprint density at radius 3 is 2.69 bits per heavy atom. The largest absolute Gasteiger partial charge is 0.504 e. The molecule has 0 spiro atoms. The lowest BCUT2D eigenvalue weighted by molar-refractivity contribution is 0.0404. The van der Waals surface area contributed by atoms with Gasteiger partial charge in [0.1, 0.15) is 6.61 Å². The minimum Gasteiger partial charge on any atom is -0.504 e. The lowest BCUT2D eigenvalue weighted by atomic mass is 9.96. The van der Waals surface area contributed by atoms with Crippen molar-refractivity contribution in [2.45, 2.75) is 25.3 Å². The molecule has 3 rings (SSSR count). The third kappa shape index (κ3) is 4.05. The zero-order valence-electron chi connectivity index (χ0n) is 14.3. The van der Waals surface area contributed by atoms with Crippen molar-refractivity contribution < 1.29 is 24.9 Å². The molecule has 2 heterocycles. The SMILES string of the molecule is O=C(OCCN1CCCCC1c1cccnc1)c1cc(O)c(O)c(O)c1. The highest BCUT2D eigenvalue weighted by atomic mass is 16.5. The number of pyridine rings is 1. The van der Waals surface area contributed by atoms with Crippen LogP contribution in [0.1, 0.15) is 41.2 Å². The molecule has 7 nitrogen and oxygen atoms in total. The molecule has 7 heteroatoms. The molecule has 0 aliphatic carbocycles. The summed E-state index contributed by atoms with van der Waals surface area (Å²) in [5, 5.41) is 28.3. The lowest BCUT2D eigenvalue weighted by Crippen LogP contribution is -2.36. The fraction of sp³-hybridized carbons (Fsp3) is 0.368. The zero-order valence-corrected chi connectivity index (χ0v) is 14.3. The van der Waals surface area contributed by atoms with E-state index in [9.17, 15) is 20.1 Å². The first-order valence-electron chi connectivity index (χ1n) is 8.62. The number of piperidine rings is 1. The van der Waals surface area contributed by atoms with Crippen molar-refractivity contribution in [2.24, 2.45) is 0 Å². The summed E-state index contributed by atoms with van der Waals surface area (Å²) in [6.07, 6.45) is 6.92. The van der Waals surface area contributed by atoms with Gasteiger partial charge in [-0.2, -0.15) is 0 Å². The molecule has 138 valence electrons. The quantitative estimate of drug-likeness (QED) is 0.557. The monoisotopic (exact) mass is 358 g/mol. The van der Waals surface area contributed by atoms with Gasteiger partial charge in [-0.15, -0.1) is 0 Å². The first kappa shape index (κ1) is 18.0. The predicted molar refractivity (Wildman–Crippen MR) is 94.1 cm³/mol. The number of phenols is 3. The Morgan fingerprint density at radius 1 is 1.23 bits per heavy atom. The fourth-order valence-electron chi connectivity index (χ4n) is 3.27. The number of aromatic hydroxyl groups is 3. The second-order valence-corrected chi connectivity index (χ2v) is 6.33. The number of benzene rings is 1. The number of carbonyl (C=O) groups excluding carboxylic acids is 1. The van der Waals surface area contributed by atoms with E-state index in [1.165, 1.54) is 0 Å². The number of likely N-dealkylation sites (tertiary alicyclic amines) is 1. The average molecular weight is 358 g/mol. The van der Waals surface area contributed by atoms with Crippen molar-refractivity contribution in [3.8, 4) is 17.2 Å². The van der Waals surface area contributed by atoms with Crippen LogP contribution in [0.3, 0.4) is 0 Å². The number of phenolic OH excluding ortho intramolecular Hbond substituents is 3. The molecule has 2 aromatic rings. The van der Waals surface area contributed by atoms with Gasteiger partial charge in [-0.3, -0.25) is 9.88 Å². The maximum Gasteiger partial charge on any atom is 0.338 e. The molecule has 0 bridgehead atoms. The van der Waals surface area contributed by atoms with E-state index in [1.54, 1.807) is 6.20 Å². The molecule has 1 fully saturated rings. The van der Waals surface area contributed by atoms with Gasteiger partial charge in [0.05, 0.1) is 5.56 Å². The van der Waals surface area contributed by atoms with Crippen LogP contribution in [0, 0.1) is 0 Å². The van der Waals surface area contributed by atoms with Crippen LogP contribution in [0.2, 0.25) is 0 Å². The van der Waals surface area contributed by atoms with Gasteiger partial charge in [0.2, 0.25) is 0 Å². The van der Waals surface area contributed by atoms with Crippen LogP contribution in [0.4, 0.5) is 0 Å². The van der Waals surface area contributed by atoms with E-state index in [0.717, 1.165) is 43.5 Å². The van der Waals surface area contributed by atoms with E-state index in [4.69, 9.17) is 4.74 Å². The summed E-state index contributed by atoms with van der Waals surface area (Å²) >= 11 is 0. The predicted octanol–water partition coefficient (Wildman–Crippen LogP) is 2.58. The highest BCUT2D eigenvalue weighted by Crippen LogP contribution is 2.35. The van der Waals surface area contributed by atoms with Crippen molar-refractivity contribution >= 4 is 5.97 Å². The van der Waals surface area contributed by atoms with Crippen LogP contribution < -0.4 is 0 Å². The number of esters is 1. The first-order chi connectivity index (χ1) is 12.6. The average Bonchev–Trinajstić information content (AvgIpc) is 2.66. The van der Waals surface area contributed by atoms with Crippen LogP contribution in [-0.2, 0) is 4.74 Å². The number of ether oxygens (including phenoxy) is 1. The van der Waals surface area contributed by atoms with E-state index in [2.05, 4.69) is 16.0 Å². The Kier molecular flexibility index (Phi) is 5.58. The Bertz CT molecular complexity index is 743. The third-order valence-electron chi connectivity index (χ3n) is 4.60. The van der Waals surface area contributed by atoms with E-state index in [-0.39, 0.29) is 18.2 Å². The van der Waals surface area contributed by atoms with Crippen LogP contribution in [-0.4, -0.2) is 50.9 Å². The Labute approximate surface area is 151 Å². The van der Waals surface area contributed by atoms with Gasteiger partial charge >= 0.3 is 5.97 Å². The summed E-state index contributed by atoms with van der Waals surface area (Å²) in [6.45, 7) is 1.71. The molecular formula is C19H22N2O5. The van der Waals surface area contributed by atoms with E-state index >= 15 is 0 Å². The van der Waals surface area contributed by atoms with Gasteiger partial charge in [0.15, 0.2) is 17.2 Å². The first-order valence-corrected chi connectivity index (χ1v) is 8.62. The Morgan fingerprint density at radius 2 is 2.00 bits per heavy atom. The minimum atomic E-state index is -0.662. The molecule has 1 aromatic heterocycles. The smallest absolute Gasteiger partial charge is 0.338 e. The van der Waals surface area contributed by atoms with Gasteiger partial charge in [0, 0.05) is 25.0 Å². The molecule has 1 aliphatic heterocycles. The van der Waals surface area contributed by atoms with Crippen molar-refractivity contribution in [1.29, 1.82) is 0 Å². The van der Waals surface area contributed by atoms with Crippen molar-refractivity contribution in [1.82, 2.24) is 9.88 Å². The summed E-state index contributed by atoms with van der Waals surface area (Å²) in [4.78, 5) is 18.6. The second-order valence-electron chi connectivity index (χ2n) is 6.33. The molecule has 0 amide bonds. The van der Waals surface area contributed by atoms with Crippen molar-refractivity contribution in [2.75, 3.05) is 19.7 Å². The minimum absolute atomic E-state index is 0.0137. The number of carbonyl (C=O) groups is 1. The van der Waals surface area contributed by atoms with Crippen LogP contribution in [0.15, 0.2) is 36.7 Å². The van der Waals surface area contributed by atoms with Gasteiger partial charge in [0.25, 0.3) is 0 Å². The molecule has 26 heavy (non-hydrogen) atoms. The van der Waals surface area contributed by atoms with E-state index < -0.39 is 23.2 Å². The third-order valence-corrected chi connectivity index (χ3v) is 4.60. The van der Waals surface area contributed by atoms with Crippen molar-refractivity contribution in [3.63, 3.8) is 0 Å². The molecular weight excluding hydrogens is 336 g/mol. The molecule has 1 atom stereocenters. The number of nitrogens with zero attached hydrogens (tertiary/aromatic N) is 2. The number of rotatable bonds is 5. The van der Waals surface area contributed by atoms with Crippen LogP contribution >= 0.6 is 0 Å². The molecule has 1 unspecified atom stereocenters. The summed E-state index contributed by atoms with van der Waals surface area (Å²) in [6, 6.07) is 6.38. The number of hydrogen-bond donors (Lipinski definition) is 3. The van der Waals surface area contributed by atoms with Gasteiger partial charge < -0.3 is 20.1 Å². The van der Waals surface area contributed by atoms with Gasteiger partial charge in [-0.05, 0) is 43.1 Å².